The van der Waals surface area contributed by atoms with Crippen LogP contribution in [-0.2, 0) is 28.9 Å². The molecule has 7 nitrogen and oxygen atoms in total. The Labute approximate surface area is 211 Å². The topological polar surface area (TPSA) is 105 Å². The molecule has 2 atom stereocenters. The van der Waals surface area contributed by atoms with Gasteiger partial charge in [-0.25, -0.2) is 18.5 Å². The van der Waals surface area contributed by atoms with E-state index in [1.54, 1.807) is 20.8 Å². The number of nitrogens with two attached hydrogens (primary N) is 1. The molecule has 2 amide bonds. The Balaban J connectivity index is 2.33. The molecule has 0 heterocycles. The summed E-state index contributed by atoms with van der Waals surface area (Å²) in [6.07, 6.45) is -1.69. The number of hydrogen-bond acceptors (Lipinski definition) is 6. The van der Waals surface area contributed by atoms with Crippen LogP contribution in [0.25, 0.3) is 0 Å². The highest BCUT2D eigenvalue weighted by atomic mass is 19.1. The van der Waals surface area contributed by atoms with Gasteiger partial charge in [0.05, 0.1) is 12.1 Å². The quantitative estimate of drug-likeness (QED) is 0.430. The zero-order chi connectivity index (χ0) is 26.9. The van der Waals surface area contributed by atoms with Gasteiger partial charge in [-0.05, 0) is 62.4 Å². The number of halogens is 2. The van der Waals surface area contributed by atoms with E-state index in [2.05, 4.69) is 12.2 Å². The first-order valence-corrected chi connectivity index (χ1v) is 12.1. The monoisotopic (exact) mass is 505 g/mol. The van der Waals surface area contributed by atoms with Gasteiger partial charge in [0.15, 0.2) is 0 Å². The summed E-state index contributed by atoms with van der Waals surface area (Å²) in [5, 5.41) is 14.3. The number of imide groups is 1. The molecule has 0 unspecified atom stereocenters. The fraction of sp³-hybridized carbons (Fsp3) is 0.481. The molecule has 0 aliphatic carbocycles. The molecule has 36 heavy (non-hydrogen) atoms. The van der Waals surface area contributed by atoms with Crippen molar-refractivity contribution >= 4 is 12.0 Å². The molecule has 0 fully saturated rings. The minimum atomic E-state index is -1.26. The number of aliphatic hydroxyl groups excluding tert-OH is 1. The fourth-order valence-electron chi connectivity index (χ4n) is 3.81. The summed E-state index contributed by atoms with van der Waals surface area (Å²) in [7, 11) is 0. The highest BCUT2D eigenvalue weighted by Gasteiger charge is 2.37. The van der Waals surface area contributed by atoms with Crippen molar-refractivity contribution in [2.75, 3.05) is 13.1 Å². The molecule has 0 radical (unpaired) electrons. The molecular weight excluding hydrogens is 468 g/mol. The molecule has 9 heteroatoms. The molecule has 2 aromatic rings. The summed E-state index contributed by atoms with van der Waals surface area (Å²) in [5.41, 5.74) is 7.00. The van der Waals surface area contributed by atoms with E-state index in [-0.39, 0.29) is 31.5 Å². The van der Waals surface area contributed by atoms with Crippen molar-refractivity contribution in [2.24, 2.45) is 5.73 Å². The van der Waals surface area contributed by atoms with E-state index < -0.39 is 41.4 Å². The van der Waals surface area contributed by atoms with Crippen molar-refractivity contribution in [3.05, 3.63) is 70.8 Å². The lowest BCUT2D eigenvalue weighted by Crippen LogP contribution is -2.55. The van der Waals surface area contributed by atoms with Gasteiger partial charge >= 0.3 is 6.09 Å². The normalized spacial score (nSPS) is 13.2. The smallest absolute Gasteiger partial charge is 0.417 e. The first-order chi connectivity index (χ1) is 16.9. The SMILES string of the molecule is CCc1cccc(CNC[C@@H](O)[C@H](Cc2cc(F)cc(F)c2)N(C(=O)CCN)C(=O)OC(C)(C)C)c1. The van der Waals surface area contributed by atoms with Crippen LogP contribution in [0, 0.1) is 11.6 Å². The molecule has 2 rings (SSSR count). The number of hydrogen-bond donors (Lipinski definition) is 3. The maximum atomic E-state index is 13.9. The Morgan fingerprint density at radius 2 is 1.72 bits per heavy atom. The summed E-state index contributed by atoms with van der Waals surface area (Å²) >= 11 is 0. The average Bonchev–Trinajstić information content (AvgIpc) is 2.77. The third kappa shape index (κ3) is 9.29. The van der Waals surface area contributed by atoms with E-state index in [4.69, 9.17) is 10.5 Å². The Hall–Kier alpha value is -2.88. The first kappa shape index (κ1) is 29.4. The number of carbonyl (C=O) groups excluding carboxylic acids is 2. The van der Waals surface area contributed by atoms with Gasteiger partial charge < -0.3 is 20.9 Å². The molecule has 2 aromatic carbocycles. The van der Waals surface area contributed by atoms with Crippen LogP contribution in [-0.4, -0.2) is 52.8 Å². The number of ether oxygens (including phenoxy) is 1. The third-order valence-electron chi connectivity index (χ3n) is 5.44. The van der Waals surface area contributed by atoms with Crippen LogP contribution in [0.2, 0.25) is 0 Å². The van der Waals surface area contributed by atoms with Gasteiger partial charge in [0.1, 0.15) is 17.2 Å². The van der Waals surface area contributed by atoms with Gasteiger partial charge in [-0.15, -0.1) is 0 Å². The van der Waals surface area contributed by atoms with E-state index in [1.807, 2.05) is 24.3 Å². The van der Waals surface area contributed by atoms with Crippen LogP contribution in [0.3, 0.4) is 0 Å². The van der Waals surface area contributed by atoms with Crippen LogP contribution in [0.4, 0.5) is 13.6 Å². The summed E-state index contributed by atoms with van der Waals surface area (Å²) < 4.78 is 33.2. The summed E-state index contributed by atoms with van der Waals surface area (Å²) in [4.78, 5) is 26.9. The Morgan fingerprint density at radius 1 is 1.08 bits per heavy atom. The Kier molecular flexibility index (Phi) is 11.0. The van der Waals surface area contributed by atoms with Gasteiger partial charge in [-0.3, -0.25) is 4.79 Å². The van der Waals surface area contributed by atoms with Crippen LogP contribution in [0.1, 0.15) is 50.8 Å². The van der Waals surface area contributed by atoms with E-state index in [0.29, 0.717) is 6.54 Å². The number of aryl methyl sites for hydroxylation is 1. The third-order valence-corrected chi connectivity index (χ3v) is 5.44. The molecule has 0 bridgehead atoms. The maximum Gasteiger partial charge on any atom is 0.417 e. The average molecular weight is 506 g/mol. The van der Waals surface area contributed by atoms with Crippen molar-refractivity contribution in [2.45, 2.75) is 71.2 Å². The van der Waals surface area contributed by atoms with Crippen LogP contribution in [0.5, 0.6) is 0 Å². The zero-order valence-corrected chi connectivity index (χ0v) is 21.4. The van der Waals surface area contributed by atoms with E-state index in [9.17, 15) is 23.5 Å². The minimum absolute atomic E-state index is 0.00796. The largest absolute Gasteiger partial charge is 0.443 e. The lowest BCUT2D eigenvalue weighted by Gasteiger charge is -2.35. The molecule has 4 N–H and O–H groups in total. The summed E-state index contributed by atoms with van der Waals surface area (Å²) in [5.74, 6) is -2.25. The number of aliphatic hydroxyl groups is 1. The predicted octanol–water partition coefficient (Wildman–Crippen LogP) is 3.70. The Bertz CT molecular complexity index is 1010. The maximum absolute atomic E-state index is 13.9. The molecule has 0 saturated carbocycles. The zero-order valence-electron chi connectivity index (χ0n) is 21.4. The lowest BCUT2D eigenvalue weighted by atomic mass is 9.98. The standard InChI is InChI=1S/C27H37F2N3O4/c1-5-18-7-6-8-19(11-18)16-31-17-24(33)23(14-20-12-21(28)15-22(29)13-20)32(25(34)9-10-30)26(35)36-27(2,3)4/h6-8,11-13,15,23-24,31,33H,5,9-10,14,16-17,30H2,1-4H3/t23-,24+/m0/s1. The minimum Gasteiger partial charge on any atom is -0.443 e. The fourth-order valence-corrected chi connectivity index (χ4v) is 3.81. The van der Waals surface area contributed by atoms with Gasteiger partial charge in [-0.1, -0.05) is 31.2 Å². The van der Waals surface area contributed by atoms with Gasteiger partial charge in [-0.2, -0.15) is 0 Å². The molecule has 0 aliphatic heterocycles. The second-order valence-electron chi connectivity index (χ2n) is 9.70. The van der Waals surface area contributed by atoms with E-state index >= 15 is 0 Å². The summed E-state index contributed by atoms with van der Waals surface area (Å²) in [6.45, 7) is 7.42. The summed E-state index contributed by atoms with van der Waals surface area (Å²) in [6, 6.07) is 9.74. The van der Waals surface area contributed by atoms with Crippen molar-refractivity contribution < 1.29 is 28.2 Å². The number of nitrogens with zero attached hydrogens (tertiary/aromatic N) is 1. The lowest BCUT2D eigenvalue weighted by molar-refractivity contribution is -0.134. The number of carbonyl (C=O) groups is 2. The number of nitrogens with one attached hydrogen (secondary N) is 1. The molecule has 0 spiro atoms. The van der Waals surface area contributed by atoms with Gasteiger partial charge in [0.2, 0.25) is 5.91 Å². The van der Waals surface area contributed by atoms with Gasteiger partial charge in [0, 0.05) is 32.1 Å². The second kappa shape index (κ2) is 13.4. The predicted molar refractivity (Wildman–Crippen MR) is 134 cm³/mol. The molecular formula is C27H37F2N3O4. The molecule has 0 aliphatic rings. The van der Waals surface area contributed by atoms with Crippen molar-refractivity contribution in [3.63, 3.8) is 0 Å². The van der Waals surface area contributed by atoms with Crippen LogP contribution in [0.15, 0.2) is 42.5 Å². The van der Waals surface area contributed by atoms with Crippen LogP contribution < -0.4 is 11.1 Å². The van der Waals surface area contributed by atoms with Crippen LogP contribution >= 0.6 is 0 Å². The number of rotatable bonds is 11. The highest BCUT2D eigenvalue weighted by molar-refractivity contribution is 5.92. The van der Waals surface area contributed by atoms with E-state index in [1.165, 1.54) is 5.56 Å². The number of benzene rings is 2. The van der Waals surface area contributed by atoms with Crippen molar-refractivity contribution in [3.8, 4) is 0 Å². The van der Waals surface area contributed by atoms with Crippen molar-refractivity contribution in [1.29, 1.82) is 0 Å². The second-order valence-corrected chi connectivity index (χ2v) is 9.70. The van der Waals surface area contributed by atoms with Crippen molar-refractivity contribution in [1.82, 2.24) is 10.2 Å². The molecule has 0 saturated heterocycles. The molecule has 0 aromatic heterocycles. The van der Waals surface area contributed by atoms with Gasteiger partial charge in [0.25, 0.3) is 0 Å². The Morgan fingerprint density at radius 3 is 2.31 bits per heavy atom. The number of amides is 2. The first-order valence-electron chi connectivity index (χ1n) is 12.1. The van der Waals surface area contributed by atoms with E-state index in [0.717, 1.165) is 35.1 Å². The molecule has 198 valence electrons. The highest BCUT2D eigenvalue weighted by Crippen LogP contribution is 2.20.